The van der Waals surface area contributed by atoms with E-state index in [0.29, 0.717) is 5.95 Å². The van der Waals surface area contributed by atoms with Gasteiger partial charge in [-0.05, 0) is 42.2 Å². The van der Waals surface area contributed by atoms with Gasteiger partial charge >= 0.3 is 0 Å². The summed E-state index contributed by atoms with van der Waals surface area (Å²) in [4.78, 5) is 17.4. The van der Waals surface area contributed by atoms with Gasteiger partial charge in [0, 0.05) is 43.0 Å². The zero-order valence-corrected chi connectivity index (χ0v) is 16.2. The van der Waals surface area contributed by atoms with Gasteiger partial charge in [-0.15, -0.1) is 0 Å². The van der Waals surface area contributed by atoms with Crippen LogP contribution in [0.3, 0.4) is 0 Å². The molecule has 0 aliphatic heterocycles. The van der Waals surface area contributed by atoms with Crippen molar-refractivity contribution in [2.24, 2.45) is 5.92 Å². The summed E-state index contributed by atoms with van der Waals surface area (Å²) in [7, 11) is 0. The van der Waals surface area contributed by atoms with E-state index in [1.165, 1.54) is 5.56 Å². The minimum absolute atomic E-state index is 0.0168. The number of hydrogen-bond donors (Lipinski definition) is 3. The van der Waals surface area contributed by atoms with Crippen molar-refractivity contribution in [2.45, 2.75) is 26.3 Å². The molecule has 0 aromatic carbocycles. The molecule has 146 valence electrons. The topological polar surface area (TPSA) is 95.8 Å². The summed E-state index contributed by atoms with van der Waals surface area (Å²) in [6.45, 7) is 4.85. The molecule has 7 heteroatoms. The molecule has 0 saturated heterocycles. The van der Waals surface area contributed by atoms with Gasteiger partial charge in [-0.2, -0.15) is 4.98 Å². The molecule has 0 radical (unpaired) electrons. The standard InChI is InChI=1S/C21H26N6O/c1-15(2)19(14-28)26-21-25-18(17-4-3-8-23-13-17)12-20(27-21)24-11-7-16-5-9-22-10-6-16/h3-6,8-10,12-13,15,19,28H,7,11,14H2,1-2H3,(H2,24,25,26,27)/t19-/m1/s1. The second-order valence-corrected chi connectivity index (χ2v) is 6.91. The second kappa shape index (κ2) is 9.75. The summed E-state index contributed by atoms with van der Waals surface area (Å²) in [5.41, 5.74) is 2.90. The highest BCUT2D eigenvalue weighted by Gasteiger charge is 2.15. The van der Waals surface area contributed by atoms with E-state index < -0.39 is 0 Å². The molecular formula is C21H26N6O. The van der Waals surface area contributed by atoms with E-state index in [-0.39, 0.29) is 18.6 Å². The highest BCUT2D eigenvalue weighted by molar-refractivity contribution is 5.63. The van der Waals surface area contributed by atoms with Crippen LogP contribution >= 0.6 is 0 Å². The molecule has 3 N–H and O–H groups in total. The Kier molecular flexibility index (Phi) is 6.86. The van der Waals surface area contributed by atoms with Gasteiger partial charge in [-0.3, -0.25) is 9.97 Å². The number of aliphatic hydroxyl groups is 1. The first-order valence-electron chi connectivity index (χ1n) is 9.45. The molecule has 3 aromatic rings. The third kappa shape index (κ3) is 5.47. The minimum Gasteiger partial charge on any atom is -0.394 e. The zero-order chi connectivity index (χ0) is 19.8. The van der Waals surface area contributed by atoms with Gasteiger partial charge in [0.25, 0.3) is 0 Å². The van der Waals surface area contributed by atoms with Gasteiger partial charge in [0.15, 0.2) is 0 Å². The molecule has 1 atom stereocenters. The first kappa shape index (κ1) is 19.7. The molecule has 3 rings (SSSR count). The third-order valence-corrected chi connectivity index (χ3v) is 4.47. The average Bonchev–Trinajstić information content (AvgIpc) is 2.73. The highest BCUT2D eigenvalue weighted by atomic mass is 16.3. The molecule has 28 heavy (non-hydrogen) atoms. The Hall–Kier alpha value is -3.06. The van der Waals surface area contributed by atoms with Crippen LogP contribution in [-0.4, -0.2) is 44.2 Å². The van der Waals surface area contributed by atoms with Crippen molar-refractivity contribution in [1.82, 2.24) is 19.9 Å². The van der Waals surface area contributed by atoms with Crippen molar-refractivity contribution >= 4 is 11.8 Å². The maximum atomic E-state index is 9.63. The summed E-state index contributed by atoms with van der Waals surface area (Å²) in [6, 6.07) is 9.65. The van der Waals surface area contributed by atoms with Crippen LogP contribution in [0.4, 0.5) is 11.8 Å². The molecule has 0 saturated carbocycles. The largest absolute Gasteiger partial charge is 0.394 e. The lowest BCUT2D eigenvalue weighted by molar-refractivity contribution is 0.248. The van der Waals surface area contributed by atoms with Crippen molar-refractivity contribution < 1.29 is 5.11 Å². The maximum absolute atomic E-state index is 9.63. The Labute approximate surface area is 165 Å². The van der Waals surface area contributed by atoms with Crippen LogP contribution in [0, 0.1) is 5.92 Å². The predicted octanol–water partition coefficient (Wildman–Crippen LogP) is 3.02. The number of rotatable bonds is 9. The van der Waals surface area contributed by atoms with Crippen LogP contribution < -0.4 is 10.6 Å². The van der Waals surface area contributed by atoms with E-state index in [4.69, 9.17) is 0 Å². The number of hydrogen-bond acceptors (Lipinski definition) is 7. The van der Waals surface area contributed by atoms with Crippen LogP contribution in [-0.2, 0) is 6.42 Å². The molecule has 0 aliphatic rings. The Bertz CT molecular complexity index is 857. The van der Waals surface area contributed by atoms with Crippen LogP contribution in [0.15, 0.2) is 55.1 Å². The fourth-order valence-electron chi connectivity index (χ4n) is 2.74. The Balaban J connectivity index is 1.80. The first-order valence-corrected chi connectivity index (χ1v) is 9.45. The Morgan fingerprint density at radius 1 is 1.04 bits per heavy atom. The van der Waals surface area contributed by atoms with Gasteiger partial charge in [-0.1, -0.05) is 13.8 Å². The number of pyridine rings is 2. The number of anilines is 2. The molecule has 7 nitrogen and oxygen atoms in total. The van der Waals surface area contributed by atoms with E-state index in [9.17, 15) is 5.11 Å². The number of nitrogens with zero attached hydrogens (tertiary/aromatic N) is 4. The lowest BCUT2D eigenvalue weighted by Gasteiger charge is -2.20. The Morgan fingerprint density at radius 2 is 1.86 bits per heavy atom. The molecule has 0 fully saturated rings. The Morgan fingerprint density at radius 3 is 2.54 bits per heavy atom. The second-order valence-electron chi connectivity index (χ2n) is 6.91. The van der Waals surface area contributed by atoms with Gasteiger partial charge in [0.05, 0.1) is 18.3 Å². The van der Waals surface area contributed by atoms with Crippen molar-refractivity contribution in [1.29, 1.82) is 0 Å². The van der Waals surface area contributed by atoms with Gasteiger partial charge in [0.1, 0.15) is 5.82 Å². The molecule has 0 spiro atoms. The van der Waals surface area contributed by atoms with Crippen molar-refractivity contribution in [3.63, 3.8) is 0 Å². The maximum Gasteiger partial charge on any atom is 0.225 e. The molecule has 0 aliphatic carbocycles. The van der Waals surface area contributed by atoms with Crippen LogP contribution in [0.5, 0.6) is 0 Å². The van der Waals surface area contributed by atoms with Crippen LogP contribution in [0.2, 0.25) is 0 Å². The summed E-state index contributed by atoms with van der Waals surface area (Å²) in [5.74, 6) is 1.46. The molecule has 0 unspecified atom stereocenters. The summed E-state index contributed by atoms with van der Waals surface area (Å²) >= 11 is 0. The fraction of sp³-hybridized carbons (Fsp3) is 0.333. The molecule has 3 heterocycles. The summed E-state index contributed by atoms with van der Waals surface area (Å²) in [5, 5.41) is 16.2. The van der Waals surface area contributed by atoms with E-state index in [1.54, 1.807) is 24.8 Å². The predicted molar refractivity (Wildman–Crippen MR) is 111 cm³/mol. The minimum atomic E-state index is -0.117. The zero-order valence-electron chi connectivity index (χ0n) is 16.2. The number of aromatic nitrogens is 4. The fourth-order valence-corrected chi connectivity index (χ4v) is 2.74. The third-order valence-electron chi connectivity index (χ3n) is 4.47. The lowest BCUT2D eigenvalue weighted by atomic mass is 10.1. The van der Waals surface area contributed by atoms with Crippen LogP contribution in [0.25, 0.3) is 11.3 Å². The molecule has 0 amide bonds. The average molecular weight is 378 g/mol. The van der Waals surface area contributed by atoms with Gasteiger partial charge in [-0.25, -0.2) is 4.98 Å². The SMILES string of the molecule is CC(C)[C@@H](CO)Nc1nc(NCCc2ccncc2)cc(-c2cccnc2)n1. The lowest BCUT2D eigenvalue weighted by Crippen LogP contribution is -2.30. The number of nitrogens with one attached hydrogen (secondary N) is 2. The van der Waals surface area contributed by atoms with Crippen molar-refractivity contribution in [3.05, 3.63) is 60.7 Å². The van der Waals surface area contributed by atoms with E-state index in [1.807, 2.05) is 44.2 Å². The highest BCUT2D eigenvalue weighted by Crippen LogP contribution is 2.21. The summed E-state index contributed by atoms with van der Waals surface area (Å²) in [6.07, 6.45) is 7.97. The normalized spacial score (nSPS) is 12.0. The smallest absolute Gasteiger partial charge is 0.225 e. The van der Waals surface area contributed by atoms with Crippen molar-refractivity contribution in [3.8, 4) is 11.3 Å². The van der Waals surface area contributed by atoms with E-state index in [0.717, 1.165) is 30.0 Å². The van der Waals surface area contributed by atoms with Crippen molar-refractivity contribution in [2.75, 3.05) is 23.8 Å². The first-order chi connectivity index (χ1) is 13.7. The quantitative estimate of drug-likeness (QED) is 0.527. The van der Waals surface area contributed by atoms with Gasteiger partial charge < -0.3 is 15.7 Å². The molecule has 3 aromatic heterocycles. The van der Waals surface area contributed by atoms with E-state index in [2.05, 4.69) is 30.6 Å². The molecular weight excluding hydrogens is 352 g/mol. The number of aliphatic hydroxyl groups excluding tert-OH is 1. The molecule has 0 bridgehead atoms. The summed E-state index contributed by atoms with van der Waals surface area (Å²) < 4.78 is 0. The monoisotopic (exact) mass is 378 g/mol. The van der Waals surface area contributed by atoms with Crippen LogP contribution in [0.1, 0.15) is 19.4 Å². The van der Waals surface area contributed by atoms with E-state index >= 15 is 0 Å². The van der Waals surface area contributed by atoms with Gasteiger partial charge in [0.2, 0.25) is 5.95 Å².